The summed E-state index contributed by atoms with van der Waals surface area (Å²) in [6.45, 7) is 3.29. The quantitative estimate of drug-likeness (QED) is 0.242. The fourth-order valence-electron chi connectivity index (χ4n) is 5.51. The Labute approximate surface area is 220 Å². The first kappa shape index (κ1) is 25.2. The maximum absolute atomic E-state index is 13.8. The Balaban J connectivity index is 1.32. The molecule has 3 aromatic heterocycles. The van der Waals surface area contributed by atoms with Crippen LogP contribution < -0.4 is 5.56 Å². The summed E-state index contributed by atoms with van der Waals surface area (Å²) in [4.78, 5) is 20.3. The molecule has 0 aliphatic carbocycles. The molecule has 39 heavy (non-hydrogen) atoms. The minimum absolute atomic E-state index is 0.112. The summed E-state index contributed by atoms with van der Waals surface area (Å²) in [5.41, 5.74) is 0.876. The van der Waals surface area contributed by atoms with Gasteiger partial charge < -0.3 is 4.52 Å². The Kier molecular flexibility index (Phi) is 6.22. The Morgan fingerprint density at radius 3 is 2.59 bits per heavy atom. The van der Waals surface area contributed by atoms with Crippen LogP contribution in [-0.4, -0.2) is 32.7 Å². The van der Waals surface area contributed by atoms with Gasteiger partial charge in [0.15, 0.2) is 5.58 Å². The number of aromatic nitrogens is 3. The lowest BCUT2D eigenvalue weighted by atomic mass is 9.90. The minimum atomic E-state index is -4.54. The average molecular weight is 537 g/mol. The number of likely N-dealkylation sites (tertiary alicyclic amines) is 1. The van der Waals surface area contributed by atoms with Gasteiger partial charge >= 0.3 is 6.18 Å². The van der Waals surface area contributed by atoms with Crippen molar-refractivity contribution in [2.45, 2.75) is 37.9 Å². The molecule has 1 saturated heterocycles. The molecule has 1 aliphatic rings. The Morgan fingerprint density at radius 2 is 1.82 bits per heavy atom. The molecule has 1 aliphatic heterocycles. The zero-order valence-corrected chi connectivity index (χ0v) is 21.0. The first-order chi connectivity index (χ1) is 18.7. The molecule has 1 fully saturated rings. The number of alkyl halides is 3. The number of piperidine rings is 1. The lowest BCUT2D eigenvalue weighted by Gasteiger charge is -2.35. The van der Waals surface area contributed by atoms with Crippen LogP contribution in [0.1, 0.15) is 48.5 Å². The zero-order chi connectivity index (χ0) is 27.3. The third-order valence-electron chi connectivity index (χ3n) is 7.60. The largest absolute Gasteiger partial charge is 0.416 e. The van der Waals surface area contributed by atoms with E-state index in [0.29, 0.717) is 35.3 Å². The number of hydrogen-bond donors (Lipinski definition) is 0. The molecule has 0 amide bonds. The second-order valence-electron chi connectivity index (χ2n) is 9.90. The Bertz CT molecular complexity index is 1740. The summed E-state index contributed by atoms with van der Waals surface area (Å²) in [5, 5.41) is 5.67. The molecule has 1 unspecified atom stereocenters. The number of nitrogens with zero attached hydrogens (tertiary/aromatic N) is 4. The van der Waals surface area contributed by atoms with Gasteiger partial charge in [0.1, 0.15) is 11.5 Å². The van der Waals surface area contributed by atoms with Crippen molar-refractivity contribution in [3.63, 3.8) is 0 Å². The number of benzene rings is 2. The number of pyridine rings is 2. The van der Waals surface area contributed by atoms with Crippen molar-refractivity contribution in [3.8, 4) is 5.69 Å². The highest BCUT2D eigenvalue weighted by atomic mass is 19.4. The van der Waals surface area contributed by atoms with Crippen molar-refractivity contribution < 1.29 is 22.1 Å². The van der Waals surface area contributed by atoms with Gasteiger partial charge in [0.2, 0.25) is 0 Å². The van der Waals surface area contributed by atoms with Crippen molar-refractivity contribution in [1.29, 1.82) is 0 Å². The highest BCUT2D eigenvalue weighted by Crippen LogP contribution is 2.36. The van der Waals surface area contributed by atoms with Crippen LogP contribution in [0.3, 0.4) is 0 Å². The first-order valence-corrected chi connectivity index (χ1v) is 12.7. The molecule has 2 aromatic carbocycles. The molecule has 4 heterocycles. The van der Waals surface area contributed by atoms with Gasteiger partial charge in [-0.1, -0.05) is 11.2 Å². The zero-order valence-electron chi connectivity index (χ0n) is 21.0. The molecule has 0 N–H and O–H groups in total. The second kappa shape index (κ2) is 9.60. The molecule has 0 spiro atoms. The van der Waals surface area contributed by atoms with Crippen LogP contribution in [-0.2, 0) is 6.18 Å². The summed E-state index contributed by atoms with van der Waals surface area (Å²) in [7, 11) is 0. The van der Waals surface area contributed by atoms with Crippen LogP contribution in [0.4, 0.5) is 17.6 Å². The highest BCUT2D eigenvalue weighted by Gasteiger charge is 2.32. The summed E-state index contributed by atoms with van der Waals surface area (Å²) >= 11 is 0. The van der Waals surface area contributed by atoms with E-state index in [4.69, 9.17) is 4.52 Å². The molecule has 0 bridgehead atoms. The molecule has 0 radical (unpaired) electrons. The van der Waals surface area contributed by atoms with Gasteiger partial charge in [-0.25, -0.2) is 9.37 Å². The normalized spacial score (nSPS) is 16.2. The fourth-order valence-corrected chi connectivity index (χ4v) is 5.51. The summed E-state index contributed by atoms with van der Waals surface area (Å²) in [6, 6.07) is 14.2. The Hall–Kier alpha value is -4.05. The third-order valence-corrected chi connectivity index (χ3v) is 7.60. The van der Waals surface area contributed by atoms with Crippen LogP contribution in [0.15, 0.2) is 76.2 Å². The van der Waals surface area contributed by atoms with Crippen molar-refractivity contribution >= 4 is 22.0 Å². The molecule has 6 nitrogen and oxygen atoms in total. The number of hydrogen-bond acceptors (Lipinski definition) is 5. The van der Waals surface area contributed by atoms with Crippen molar-refractivity contribution in [2.75, 3.05) is 13.1 Å². The van der Waals surface area contributed by atoms with E-state index in [2.05, 4.69) is 15.0 Å². The monoisotopic (exact) mass is 536 g/mol. The summed E-state index contributed by atoms with van der Waals surface area (Å²) in [5.74, 6) is -0.252. The van der Waals surface area contributed by atoms with E-state index in [0.717, 1.165) is 36.1 Å². The smallest absolute Gasteiger partial charge is 0.356 e. The molecule has 6 rings (SSSR count). The lowest BCUT2D eigenvalue weighted by molar-refractivity contribution is -0.137. The van der Waals surface area contributed by atoms with Gasteiger partial charge in [0.25, 0.3) is 5.56 Å². The molecule has 1 atom stereocenters. The maximum atomic E-state index is 13.8. The van der Waals surface area contributed by atoms with E-state index < -0.39 is 17.3 Å². The second-order valence-corrected chi connectivity index (χ2v) is 9.90. The summed E-state index contributed by atoms with van der Waals surface area (Å²) < 4.78 is 60.5. The van der Waals surface area contributed by atoms with E-state index in [9.17, 15) is 22.4 Å². The van der Waals surface area contributed by atoms with Crippen molar-refractivity contribution in [2.24, 2.45) is 0 Å². The standard InChI is InChI=1S/C29H24F4N4O2/c1-17(36-12-9-18(10-13-36)26-23-8-7-21(30)16-25(23)39-35-26)24-14-19-4-3-11-34-27(19)37(28(24)38)22-6-2-5-20(15-22)29(31,32)33/h2-8,11,14-18H,9-10,12-13H2,1H3. The topological polar surface area (TPSA) is 64.2 Å². The molecular weight excluding hydrogens is 512 g/mol. The van der Waals surface area contributed by atoms with Crippen LogP contribution in [0.2, 0.25) is 0 Å². The predicted octanol–water partition coefficient (Wildman–Crippen LogP) is 6.63. The van der Waals surface area contributed by atoms with Crippen LogP contribution >= 0.6 is 0 Å². The maximum Gasteiger partial charge on any atom is 0.416 e. The van der Waals surface area contributed by atoms with E-state index in [-0.39, 0.29) is 23.5 Å². The molecule has 200 valence electrons. The number of rotatable bonds is 4. The molecular formula is C29H24F4N4O2. The van der Waals surface area contributed by atoms with E-state index in [1.165, 1.54) is 35.0 Å². The van der Waals surface area contributed by atoms with Gasteiger partial charge in [-0.2, -0.15) is 13.2 Å². The highest BCUT2D eigenvalue weighted by molar-refractivity contribution is 5.80. The molecule has 5 aromatic rings. The van der Waals surface area contributed by atoms with E-state index in [1.54, 1.807) is 24.3 Å². The van der Waals surface area contributed by atoms with Gasteiger partial charge in [-0.3, -0.25) is 14.3 Å². The average Bonchev–Trinajstić information content (AvgIpc) is 3.35. The van der Waals surface area contributed by atoms with Gasteiger partial charge in [0.05, 0.1) is 16.9 Å². The Morgan fingerprint density at radius 1 is 1.03 bits per heavy atom. The third kappa shape index (κ3) is 4.58. The first-order valence-electron chi connectivity index (χ1n) is 12.7. The summed E-state index contributed by atoms with van der Waals surface area (Å²) in [6.07, 6.45) is -1.50. The predicted molar refractivity (Wildman–Crippen MR) is 138 cm³/mol. The van der Waals surface area contributed by atoms with Crippen LogP contribution in [0.5, 0.6) is 0 Å². The van der Waals surface area contributed by atoms with Crippen LogP contribution in [0, 0.1) is 5.82 Å². The number of halogens is 4. The van der Waals surface area contributed by atoms with Gasteiger partial charge in [-0.15, -0.1) is 0 Å². The van der Waals surface area contributed by atoms with Crippen LogP contribution in [0.25, 0.3) is 27.7 Å². The van der Waals surface area contributed by atoms with E-state index in [1.807, 2.05) is 6.92 Å². The van der Waals surface area contributed by atoms with E-state index >= 15 is 0 Å². The molecule has 10 heteroatoms. The van der Waals surface area contributed by atoms with Crippen molar-refractivity contribution in [1.82, 2.24) is 19.6 Å². The fraction of sp³-hybridized carbons (Fsp3) is 0.276. The van der Waals surface area contributed by atoms with Gasteiger partial charge in [0, 0.05) is 40.6 Å². The molecule has 0 saturated carbocycles. The van der Waals surface area contributed by atoms with Crippen molar-refractivity contribution in [3.05, 3.63) is 99.9 Å². The SMILES string of the molecule is CC(c1cc2cccnc2n(-c2cccc(C(F)(F)F)c2)c1=O)N1CCC(c2noc3cc(F)ccc23)CC1. The minimum Gasteiger partial charge on any atom is -0.356 e. The number of fused-ring (bicyclic) bond motifs is 2. The van der Waals surface area contributed by atoms with Gasteiger partial charge in [-0.05, 0) is 81.4 Å². The lowest BCUT2D eigenvalue weighted by Crippen LogP contribution is -2.38.